The topological polar surface area (TPSA) is 9.23 Å². The van der Waals surface area contributed by atoms with Crippen LogP contribution in [0, 0.1) is 0 Å². The molecule has 0 saturated carbocycles. The lowest BCUT2D eigenvalue weighted by molar-refractivity contribution is -0.135. The number of unbranched alkanes of at least 4 members (excludes halogenated alkanes) is 1. The zero-order chi connectivity index (χ0) is 13.6. The Morgan fingerprint density at radius 2 is 1.67 bits per heavy atom. The van der Waals surface area contributed by atoms with E-state index in [1.807, 2.05) is 24.3 Å². The maximum Gasteiger partial charge on any atom is 0.389 e. The van der Waals surface area contributed by atoms with Crippen molar-refractivity contribution < 1.29 is 17.9 Å². The molecule has 18 heavy (non-hydrogen) atoms. The number of hydrogen-bond acceptors (Lipinski definition) is 1. The highest BCUT2D eigenvalue weighted by molar-refractivity contribution is 5.28. The van der Waals surface area contributed by atoms with Crippen molar-refractivity contribution >= 4 is 0 Å². The van der Waals surface area contributed by atoms with E-state index in [0.717, 1.165) is 0 Å². The zero-order valence-corrected chi connectivity index (χ0v) is 10.8. The molecule has 0 spiro atoms. The molecule has 0 aliphatic carbocycles. The molecule has 1 nitrogen and oxygen atoms in total. The van der Waals surface area contributed by atoms with Gasteiger partial charge in [0.2, 0.25) is 0 Å². The Bertz CT molecular complexity index is 341. The number of hydrogen-bond donors (Lipinski definition) is 0. The van der Waals surface area contributed by atoms with E-state index in [-0.39, 0.29) is 6.42 Å². The number of ether oxygens (including phenoxy) is 1. The first-order valence-electron chi connectivity index (χ1n) is 6.18. The van der Waals surface area contributed by atoms with Gasteiger partial charge in [0.25, 0.3) is 0 Å². The van der Waals surface area contributed by atoms with Crippen LogP contribution in [-0.2, 0) is 0 Å². The van der Waals surface area contributed by atoms with Crippen molar-refractivity contribution in [1.82, 2.24) is 0 Å². The van der Waals surface area contributed by atoms with Gasteiger partial charge in [-0.2, -0.15) is 13.2 Å². The van der Waals surface area contributed by atoms with E-state index in [1.54, 1.807) is 0 Å². The van der Waals surface area contributed by atoms with Gasteiger partial charge in [-0.1, -0.05) is 26.0 Å². The summed E-state index contributed by atoms with van der Waals surface area (Å²) in [5.74, 6) is 1.18. The maximum absolute atomic E-state index is 11.9. The van der Waals surface area contributed by atoms with Gasteiger partial charge >= 0.3 is 6.18 Å². The van der Waals surface area contributed by atoms with Gasteiger partial charge in [0.15, 0.2) is 0 Å². The van der Waals surface area contributed by atoms with Gasteiger partial charge in [0, 0.05) is 6.42 Å². The zero-order valence-electron chi connectivity index (χ0n) is 10.8. The molecule has 0 N–H and O–H groups in total. The molecule has 1 rings (SSSR count). The molecule has 0 fully saturated rings. The Balaban J connectivity index is 2.23. The van der Waals surface area contributed by atoms with E-state index in [9.17, 15) is 13.2 Å². The molecule has 0 bridgehead atoms. The van der Waals surface area contributed by atoms with Crippen molar-refractivity contribution in [2.75, 3.05) is 6.61 Å². The van der Waals surface area contributed by atoms with Crippen molar-refractivity contribution in [2.24, 2.45) is 0 Å². The van der Waals surface area contributed by atoms with Gasteiger partial charge in [-0.25, -0.2) is 0 Å². The summed E-state index contributed by atoms with van der Waals surface area (Å²) in [6.45, 7) is 4.54. The van der Waals surface area contributed by atoms with Crippen molar-refractivity contribution in [2.45, 2.75) is 45.2 Å². The van der Waals surface area contributed by atoms with Crippen LogP contribution in [-0.4, -0.2) is 12.8 Å². The standard InChI is InChI=1S/C14H19F3O/c1-11(2)12-5-7-13(8-6-12)18-10-4-3-9-14(15,16)17/h5-8,11H,3-4,9-10H2,1-2H3. The SMILES string of the molecule is CC(C)c1ccc(OCCCCC(F)(F)F)cc1. The minimum atomic E-state index is -4.06. The first-order chi connectivity index (χ1) is 8.38. The van der Waals surface area contributed by atoms with E-state index >= 15 is 0 Å². The van der Waals surface area contributed by atoms with Crippen LogP contribution in [0.3, 0.4) is 0 Å². The third-order valence-corrected chi connectivity index (χ3v) is 2.67. The van der Waals surface area contributed by atoms with Crippen molar-refractivity contribution in [3.05, 3.63) is 29.8 Å². The second-order valence-electron chi connectivity index (χ2n) is 4.64. The van der Waals surface area contributed by atoms with Crippen molar-refractivity contribution in [3.63, 3.8) is 0 Å². The van der Waals surface area contributed by atoms with Gasteiger partial charge in [-0.3, -0.25) is 0 Å². The summed E-state index contributed by atoms with van der Waals surface area (Å²) in [7, 11) is 0. The van der Waals surface area contributed by atoms with Crippen LogP contribution in [0.1, 0.15) is 44.6 Å². The summed E-state index contributed by atoms with van der Waals surface area (Å²) in [6.07, 6.45) is -4.25. The first-order valence-corrected chi connectivity index (χ1v) is 6.18. The summed E-state index contributed by atoms with van der Waals surface area (Å²) >= 11 is 0. The fourth-order valence-electron chi connectivity index (χ4n) is 1.57. The fraction of sp³-hybridized carbons (Fsp3) is 0.571. The number of alkyl halides is 3. The fourth-order valence-corrected chi connectivity index (χ4v) is 1.57. The Hall–Kier alpha value is -1.19. The van der Waals surface area contributed by atoms with Gasteiger partial charge < -0.3 is 4.74 Å². The smallest absolute Gasteiger partial charge is 0.389 e. The van der Waals surface area contributed by atoms with Gasteiger partial charge in [-0.15, -0.1) is 0 Å². The normalized spacial score (nSPS) is 11.9. The Labute approximate surface area is 106 Å². The molecule has 0 atom stereocenters. The monoisotopic (exact) mass is 260 g/mol. The van der Waals surface area contributed by atoms with Crippen LogP contribution >= 0.6 is 0 Å². The van der Waals surface area contributed by atoms with E-state index in [4.69, 9.17) is 4.74 Å². The minimum Gasteiger partial charge on any atom is -0.494 e. The third-order valence-electron chi connectivity index (χ3n) is 2.67. The lowest BCUT2D eigenvalue weighted by atomic mass is 10.0. The van der Waals surface area contributed by atoms with Crippen LogP contribution in [0.4, 0.5) is 13.2 Å². The molecule has 0 amide bonds. The summed E-state index contributed by atoms with van der Waals surface area (Å²) < 4.78 is 41.0. The molecular formula is C14H19F3O. The number of benzene rings is 1. The molecule has 102 valence electrons. The summed E-state index contributed by atoms with van der Waals surface area (Å²) in [5.41, 5.74) is 1.22. The van der Waals surface area contributed by atoms with E-state index in [1.165, 1.54) is 5.56 Å². The van der Waals surface area contributed by atoms with Crippen LogP contribution < -0.4 is 4.74 Å². The van der Waals surface area contributed by atoms with Crippen LogP contribution in [0.5, 0.6) is 5.75 Å². The lowest BCUT2D eigenvalue weighted by Gasteiger charge is -2.09. The third kappa shape index (κ3) is 5.94. The van der Waals surface area contributed by atoms with Gasteiger partial charge in [0.05, 0.1) is 6.61 Å². The molecule has 0 aliphatic rings. The van der Waals surface area contributed by atoms with Crippen LogP contribution in [0.15, 0.2) is 24.3 Å². The molecule has 0 radical (unpaired) electrons. The molecule has 0 heterocycles. The average Bonchev–Trinajstić information content (AvgIpc) is 2.27. The van der Waals surface area contributed by atoms with E-state index in [0.29, 0.717) is 24.7 Å². The molecule has 0 saturated heterocycles. The van der Waals surface area contributed by atoms with Crippen molar-refractivity contribution in [3.8, 4) is 5.75 Å². The van der Waals surface area contributed by atoms with Gasteiger partial charge in [-0.05, 0) is 36.5 Å². The largest absolute Gasteiger partial charge is 0.494 e. The predicted octanol–water partition coefficient (Wildman–Crippen LogP) is 4.92. The van der Waals surface area contributed by atoms with Crippen LogP contribution in [0.25, 0.3) is 0 Å². The highest BCUT2D eigenvalue weighted by Crippen LogP contribution is 2.22. The maximum atomic E-state index is 11.9. The van der Waals surface area contributed by atoms with E-state index in [2.05, 4.69) is 13.8 Å². The lowest BCUT2D eigenvalue weighted by Crippen LogP contribution is -2.07. The number of halogens is 3. The molecule has 1 aromatic carbocycles. The second kappa shape index (κ2) is 6.66. The minimum absolute atomic E-state index is 0.119. The first kappa shape index (κ1) is 14.9. The van der Waals surface area contributed by atoms with Crippen LogP contribution in [0.2, 0.25) is 0 Å². The molecule has 0 aromatic heterocycles. The summed E-state index contributed by atoms with van der Waals surface area (Å²) in [5, 5.41) is 0. The second-order valence-corrected chi connectivity index (χ2v) is 4.64. The highest BCUT2D eigenvalue weighted by atomic mass is 19.4. The molecule has 0 aliphatic heterocycles. The molecular weight excluding hydrogens is 241 g/mol. The summed E-state index contributed by atoms with van der Waals surface area (Å²) in [4.78, 5) is 0. The average molecular weight is 260 g/mol. The highest BCUT2D eigenvalue weighted by Gasteiger charge is 2.25. The quantitative estimate of drug-likeness (QED) is 0.659. The molecule has 1 aromatic rings. The molecule has 0 unspecified atom stereocenters. The Morgan fingerprint density at radius 3 is 2.17 bits per heavy atom. The van der Waals surface area contributed by atoms with E-state index < -0.39 is 12.6 Å². The van der Waals surface area contributed by atoms with Gasteiger partial charge in [0.1, 0.15) is 5.75 Å². The predicted molar refractivity (Wildman–Crippen MR) is 65.9 cm³/mol. The molecule has 4 heteroatoms. The summed E-state index contributed by atoms with van der Waals surface area (Å²) in [6, 6.07) is 7.68. The van der Waals surface area contributed by atoms with Crippen molar-refractivity contribution in [1.29, 1.82) is 0 Å². The Kier molecular flexibility index (Phi) is 5.51. The Morgan fingerprint density at radius 1 is 1.06 bits per heavy atom. The number of rotatable bonds is 6.